The number of halogens is 2. The van der Waals surface area contributed by atoms with Gasteiger partial charge in [-0.05, 0) is 27.0 Å². The topological polar surface area (TPSA) is 101 Å². The first-order valence-corrected chi connectivity index (χ1v) is 8.08. The second-order valence-corrected chi connectivity index (χ2v) is 6.97. The molecular weight excluding hydrogens is 386 g/mol. The van der Waals surface area contributed by atoms with Crippen LogP contribution in [0.1, 0.15) is 12.5 Å². The predicted octanol–water partition coefficient (Wildman–Crippen LogP) is 1.97. The van der Waals surface area contributed by atoms with E-state index < -0.39 is 14.9 Å². The third-order valence-corrected chi connectivity index (χ3v) is 5.10. The summed E-state index contributed by atoms with van der Waals surface area (Å²) in [6.07, 6.45) is 0. The number of likely N-dealkylation sites (N-methyl/N-ethyl adjacent to an activating group) is 1. The van der Waals surface area contributed by atoms with Crippen LogP contribution in [-0.2, 0) is 10.0 Å². The van der Waals surface area contributed by atoms with E-state index in [0.717, 1.165) is 6.07 Å². The fourth-order valence-electron chi connectivity index (χ4n) is 1.41. The van der Waals surface area contributed by atoms with Crippen LogP contribution in [0.15, 0.2) is 21.5 Å². The van der Waals surface area contributed by atoms with Crippen molar-refractivity contribution in [2.45, 2.75) is 24.8 Å². The smallest absolute Gasteiger partial charge is 0.274 e. The number of sulfonamides is 1. The lowest BCUT2D eigenvalue weighted by atomic mass is 10.2. The molecule has 0 saturated carbocycles. The van der Waals surface area contributed by atoms with Gasteiger partial charge in [-0.2, -0.15) is 0 Å². The number of hydrogen-bond acceptors (Lipinski definition) is 5. The van der Waals surface area contributed by atoms with Crippen molar-refractivity contribution in [2.75, 3.05) is 13.6 Å². The molecule has 0 aliphatic rings. The van der Waals surface area contributed by atoms with Crippen LogP contribution in [0.3, 0.4) is 0 Å². The standard InChI is InChI=1S/C11H16BrN3O4S.ClH/c1-7(13-3)6-14-20(18,19)9-4-10(12)8(2)11(5-9)15(16)17;/h4-5,7,13-14H,6H2,1-3H3;1H. The molecule has 1 aromatic carbocycles. The van der Waals surface area contributed by atoms with Crippen molar-refractivity contribution in [3.8, 4) is 0 Å². The fourth-order valence-corrected chi connectivity index (χ4v) is 3.18. The Morgan fingerprint density at radius 1 is 1.43 bits per heavy atom. The zero-order valence-electron chi connectivity index (χ0n) is 11.7. The second kappa shape index (κ2) is 8.04. The van der Waals surface area contributed by atoms with E-state index in [4.69, 9.17) is 0 Å². The Balaban J connectivity index is 0.00000400. The Morgan fingerprint density at radius 3 is 2.48 bits per heavy atom. The summed E-state index contributed by atoms with van der Waals surface area (Å²) < 4.78 is 27.0. The summed E-state index contributed by atoms with van der Waals surface area (Å²) >= 11 is 3.14. The summed E-state index contributed by atoms with van der Waals surface area (Å²) in [6, 6.07) is 2.37. The minimum Gasteiger partial charge on any atom is -0.316 e. The van der Waals surface area contributed by atoms with E-state index in [1.165, 1.54) is 6.07 Å². The Kier molecular flexibility index (Phi) is 7.76. The van der Waals surface area contributed by atoms with Gasteiger partial charge in [0.25, 0.3) is 5.69 Å². The van der Waals surface area contributed by atoms with Crippen LogP contribution in [0.25, 0.3) is 0 Å². The first-order chi connectivity index (χ1) is 9.19. The minimum atomic E-state index is -3.79. The van der Waals surface area contributed by atoms with Crippen LogP contribution >= 0.6 is 28.3 Å². The molecule has 0 fully saturated rings. The molecule has 1 rings (SSSR count). The summed E-state index contributed by atoms with van der Waals surface area (Å²) in [5.74, 6) is 0. The van der Waals surface area contributed by atoms with Gasteiger partial charge in [-0.3, -0.25) is 10.1 Å². The van der Waals surface area contributed by atoms with Crippen LogP contribution in [-0.4, -0.2) is 33.0 Å². The zero-order chi connectivity index (χ0) is 15.5. The highest BCUT2D eigenvalue weighted by molar-refractivity contribution is 9.10. The average molecular weight is 403 g/mol. The van der Waals surface area contributed by atoms with Crippen molar-refractivity contribution in [2.24, 2.45) is 0 Å². The molecule has 0 heterocycles. The summed E-state index contributed by atoms with van der Waals surface area (Å²) in [6.45, 7) is 3.56. The first kappa shape index (κ1) is 20.3. The molecule has 0 spiro atoms. The van der Waals surface area contributed by atoms with E-state index in [9.17, 15) is 18.5 Å². The van der Waals surface area contributed by atoms with Crippen LogP contribution in [0.2, 0.25) is 0 Å². The molecule has 0 saturated heterocycles. The number of nitro benzene ring substituents is 1. The SMILES string of the molecule is CNC(C)CNS(=O)(=O)c1cc(Br)c(C)c([N+](=O)[O-])c1.Cl. The molecule has 7 nitrogen and oxygen atoms in total. The fraction of sp³-hybridized carbons (Fsp3) is 0.455. The number of rotatable bonds is 6. The Morgan fingerprint density at radius 2 is 2.00 bits per heavy atom. The van der Waals surface area contributed by atoms with Gasteiger partial charge in [0.15, 0.2) is 0 Å². The second-order valence-electron chi connectivity index (χ2n) is 4.35. The van der Waals surface area contributed by atoms with Gasteiger partial charge >= 0.3 is 0 Å². The van der Waals surface area contributed by atoms with Crippen LogP contribution < -0.4 is 10.0 Å². The van der Waals surface area contributed by atoms with Crippen molar-refractivity contribution in [3.63, 3.8) is 0 Å². The third-order valence-electron chi connectivity index (χ3n) is 2.87. The van der Waals surface area contributed by atoms with Gasteiger partial charge in [0.1, 0.15) is 0 Å². The molecule has 0 bridgehead atoms. The van der Waals surface area contributed by atoms with Gasteiger partial charge in [-0.1, -0.05) is 15.9 Å². The van der Waals surface area contributed by atoms with E-state index in [1.54, 1.807) is 14.0 Å². The molecule has 0 aromatic heterocycles. The van der Waals surface area contributed by atoms with Crippen LogP contribution in [0.4, 0.5) is 5.69 Å². The summed E-state index contributed by atoms with van der Waals surface area (Å²) in [4.78, 5) is 10.2. The molecule has 1 unspecified atom stereocenters. The lowest BCUT2D eigenvalue weighted by Crippen LogP contribution is -2.37. The van der Waals surface area contributed by atoms with Crippen molar-refractivity contribution in [1.29, 1.82) is 0 Å². The maximum absolute atomic E-state index is 12.1. The van der Waals surface area contributed by atoms with E-state index in [1.807, 2.05) is 6.92 Å². The Labute approximate surface area is 138 Å². The lowest BCUT2D eigenvalue weighted by Gasteiger charge is -2.12. The van der Waals surface area contributed by atoms with Gasteiger partial charge in [-0.25, -0.2) is 13.1 Å². The van der Waals surface area contributed by atoms with E-state index >= 15 is 0 Å². The van der Waals surface area contributed by atoms with Gasteiger partial charge in [0.05, 0.1) is 9.82 Å². The maximum Gasteiger partial charge on any atom is 0.274 e. The third kappa shape index (κ3) is 5.19. The normalized spacial score (nSPS) is 12.6. The minimum absolute atomic E-state index is 0. The van der Waals surface area contributed by atoms with Crippen molar-refractivity contribution >= 4 is 44.0 Å². The average Bonchev–Trinajstić information content (AvgIpc) is 2.38. The molecule has 0 amide bonds. The van der Waals surface area contributed by atoms with Gasteiger partial charge < -0.3 is 5.32 Å². The summed E-state index contributed by atoms with van der Waals surface area (Å²) in [7, 11) is -2.07. The molecule has 120 valence electrons. The predicted molar refractivity (Wildman–Crippen MR) is 86.5 cm³/mol. The van der Waals surface area contributed by atoms with Gasteiger partial charge in [0, 0.05) is 28.7 Å². The quantitative estimate of drug-likeness (QED) is 0.559. The number of benzene rings is 1. The monoisotopic (exact) mass is 401 g/mol. The van der Waals surface area contributed by atoms with E-state index in [-0.39, 0.29) is 35.6 Å². The number of nitro groups is 1. The summed E-state index contributed by atoms with van der Waals surface area (Å²) in [5.41, 5.74) is 0.152. The molecule has 0 aliphatic carbocycles. The number of nitrogens with one attached hydrogen (secondary N) is 2. The highest BCUT2D eigenvalue weighted by atomic mass is 79.9. The molecule has 0 aliphatic heterocycles. The summed E-state index contributed by atoms with van der Waals surface area (Å²) in [5, 5.41) is 13.8. The van der Waals surface area contributed by atoms with Crippen molar-refractivity contribution in [3.05, 3.63) is 32.3 Å². The highest BCUT2D eigenvalue weighted by Crippen LogP contribution is 2.29. The Bertz CT molecular complexity index is 624. The largest absolute Gasteiger partial charge is 0.316 e. The van der Waals surface area contributed by atoms with Crippen LogP contribution in [0.5, 0.6) is 0 Å². The van der Waals surface area contributed by atoms with Crippen LogP contribution in [0, 0.1) is 17.0 Å². The highest BCUT2D eigenvalue weighted by Gasteiger charge is 2.22. The van der Waals surface area contributed by atoms with Gasteiger partial charge in [-0.15, -0.1) is 12.4 Å². The molecular formula is C11H17BrClN3O4S. The number of nitrogens with zero attached hydrogens (tertiary/aromatic N) is 1. The molecule has 1 aromatic rings. The van der Waals surface area contributed by atoms with E-state index in [2.05, 4.69) is 26.0 Å². The lowest BCUT2D eigenvalue weighted by molar-refractivity contribution is -0.385. The zero-order valence-corrected chi connectivity index (χ0v) is 14.9. The molecule has 10 heteroatoms. The molecule has 2 N–H and O–H groups in total. The molecule has 1 atom stereocenters. The molecule has 21 heavy (non-hydrogen) atoms. The molecule has 0 radical (unpaired) electrons. The number of hydrogen-bond donors (Lipinski definition) is 2. The van der Waals surface area contributed by atoms with Crippen molar-refractivity contribution in [1.82, 2.24) is 10.0 Å². The maximum atomic E-state index is 12.1. The Hall–Kier alpha value is -0.740. The first-order valence-electron chi connectivity index (χ1n) is 5.80. The van der Waals surface area contributed by atoms with Gasteiger partial charge in [0.2, 0.25) is 10.0 Å². The van der Waals surface area contributed by atoms with Crippen molar-refractivity contribution < 1.29 is 13.3 Å². The van der Waals surface area contributed by atoms with E-state index in [0.29, 0.717) is 10.0 Å².